The summed E-state index contributed by atoms with van der Waals surface area (Å²) in [5.74, 6) is -0.487. The second-order valence-corrected chi connectivity index (χ2v) is 3.55. The van der Waals surface area contributed by atoms with E-state index in [1.807, 2.05) is 36.4 Å². The molecular formula is C14H13NO2. The molecule has 0 atom stereocenters. The molecular weight excluding hydrogens is 214 g/mol. The van der Waals surface area contributed by atoms with Crippen molar-refractivity contribution in [2.24, 2.45) is 0 Å². The average Bonchev–Trinajstić information content (AvgIpc) is 2.35. The van der Waals surface area contributed by atoms with Gasteiger partial charge in [-0.1, -0.05) is 36.9 Å². The van der Waals surface area contributed by atoms with Gasteiger partial charge in [-0.3, -0.25) is 0 Å². The van der Waals surface area contributed by atoms with E-state index in [1.165, 1.54) is 0 Å². The average molecular weight is 227 g/mol. The zero-order valence-electron chi connectivity index (χ0n) is 9.64. The molecule has 0 bridgehead atoms. The number of ether oxygens (including phenoxy) is 1. The normalized spacial score (nSPS) is 10.5. The fourth-order valence-electron chi connectivity index (χ4n) is 1.12. The Bertz CT molecular complexity index is 481. The summed E-state index contributed by atoms with van der Waals surface area (Å²) in [6.07, 6.45) is 1.69. The molecule has 0 saturated heterocycles. The summed E-state index contributed by atoms with van der Waals surface area (Å²) in [6, 6.07) is 11.4. The number of esters is 1. The third-order valence-electron chi connectivity index (χ3n) is 1.99. The van der Waals surface area contributed by atoms with E-state index in [4.69, 9.17) is 10.00 Å². The Labute approximate surface area is 101 Å². The van der Waals surface area contributed by atoms with Gasteiger partial charge >= 0.3 is 5.97 Å². The quantitative estimate of drug-likeness (QED) is 0.451. The number of carbonyl (C=O) groups is 1. The Morgan fingerprint density at radius 2 is 2.12 bits per heavy atom. The smallest absolute Gasteiger partial charge is 0.333 e. The topological polar surface area (TPSA) is 50.1 Å². The van der Waals surface area contributed by atoms with Gasteiger partial charge in [-0.2, -0.15) is 5.26 Å². The predicted octanol–water partition coefficient (Wildman–Crippen LogP) is 2.71. The fraction of sp³-hybridized carbons (Fsp3) is 0.143. The van der Waals surface area contributed by atoms with Gasteiger partial charge in [0, 0.05) is 5.57 Å². The Balaban J connectivity index is 2.68. The summed E-state index contributed by atoms with van der Waals surface area (Å²) in [7, 11) is 0. The molecule has 0 saturated carbocycles. The minimum absolute atomic E-state index is 0.0307. The maximum absolute atomic E-state index is 11.2. The SMILES string of the molecule is C=C(C)C(=O)OCC(C#N)=Cc1ccccc1. The molecule has 0 N–H and O–H groups in total. The van der Waals surface area contributed by atoms with E-state index in [0.29, 0.717) is 11.1 Å². The molecule has 1 aromatic carbocycles. The second-order valence-electron chi connectivity index (χ2n) is 3.55. The van der Waals surface area contributed by atoms with Gasteiger partial charge in [-0.15, -0.1) is 0 Å². The molecule has 0 heterocycles. The summed E-state index contributed by atoms with van der Waals surface area (Å²) in [5, 5.41) is 8.91. The van der Waals surface area contributed by atoms with Crippen LogP contribution in [0.1, 0.15) is 12.5 Å². The van der Waals surface area contributed by atoms with E-state index in [2.05, 4.69) is 6.58 Å². The highest BCUT2D eigenvalue weighted by molar-refractivity contribution is 5.87. The summed E-state index contributed by atoms with van der Waals surface area (Å²) in [4.78, 5) is 11.2. The van der Waals surface area contributed by atoms with Crippen molar-refractivity contribution in [3.63, 3.8) is 0 Å². The highest BCUT2D eigenvalue weighted by atomic mass is 16.5. The highest BCUT2D eigenvalue weighted by Crippen LogP contribution is 2.07. The molecule has 0 aromatic heterocycles. The van der Waals surface area contributed by atoms with Gasteiger partial charge in [0.05, 0.1) is 11.6 Å². The predicted molar refractivity (Wildman–Crippen MR) is 65.8 cm³/mol. The van der Waals surface area contributed by atoms with Gasteiger partial charge in [0.25, 0.3) is 0 Å². The molecule has 0 radical (unpaired) electrons. The summed E-state index contributed by atoms with van der Waals surface area (Å²) in [5.41, 5.74) is 1.61. The lowest BCUT2D eigenvalue weighted by atomic mass is 10.1. The van der Waals surface area contributed by atoms with E-state index in [0.717, 1.165) is 5.56 Å². The van der Waals surface area contributed by atoms with Crippen molar-refractivity contribution in [3.05, 3.63) is 53.6 Å². The number of rotatable bonds is 4. The molecule has 86 valence electrons. The van der Waals surface area contributed by atoms with Crippen LogP contribution in [0.2, 0.25) is 0 Å². The molecule has 0 unspecified atom stereocenters. The lowest BCUT2D eigenvalue weighted by Crippen LogP contribution is -2.07. The molecule has 0 aliphatic heterocycles. The zero-order chi connectivity index (χ0) is 12.7. The largest absolute Gasteiger partial charge is 0.457 e. The van der Waals surface area contributed by atoms with Crippen LogP contribution in [0.3, 0.4) is 0 Å². The summed E-state index contributed by atoms with van der Waals surface area (Å²) >= 11 is 0. The first-order valence-electron chi connectivity index (χ1n) is 5.12. The monoisotopic (exact) mass is 227 g/mol. The van der Waals surface area contributed by atoms with Crippen LogP contribution >= 0.6 is 0 Å². The van der Waals surface area contributed by atoms with Gasteiger partial charge in [0.15, 0.2) is 0 Å². The molecule has 3 heteroatoms. The molecule has 1 aromatic rings. The van der Waals surface area contributed by atoms with E-state index in [9.17, 15) is 4.79 Å². The van der Waals surface area contributed by atoms with Crippen LogP contribution < -0.4 is 0 Å². The summed E-state index contributed by atoms with van der Waals surface area (Å²) < 4.78 is 4.90. The molecule has 0 aliphatic rings. The van der Waals surface area contributed by atoms with Crippen molar-refractivity contribution in [1.82, 2.24) is 0 Å². The summed E-state index contributed by atoms with van der Waals surface area (Å²) in [6.45, 7) is 5.00. The van der Waals surface area contributed by atoms with Crippen molar-refractivity contribution in [3.8, 4) is 6.07 Å². The lowest BCUT2D eigenvalue weighted by Gasteiger charge is -2.02. The first-order valence-corrected chi connectivity index (χ1v) is 5.12. The van der Waals surface area contributed by atoms with Crippen LogP contribution in [0.4, 0.5) is 0 Å². The molecule has 3 nitrogen and oxygen atoms in total. The van der Waals surface area contributed by atoms with Crippen molar-refractivity contribution >= 4 is 12.0 Å². The molecule has 0 amide bonds. The number of nitrogens with zero attached hydrogens (tertiary/aromatic N) is 1. The molecule has 0 spiro atoms. The Morgan fingerprint density at radius 1 is 1.47 bits per heavy atom. The Hall–Kier alpha value is -2.34. The van der Waals surface area contributed by atoms with Crippen LogP contribution in [-0.4, -0.2) is 12.6 Å². The van der Waals surface area contributed by atoms with Crippen LogP contribution in [0.15, 0.2) is 48.1 Å². The van der Waals surface area contributed by atoms with Crippen molar-refractivity contribution in [1.29, 1.82) is 5.26 Å². The van der Waals surface area contributed by atoms with Crippen LogP contribution in [-0.2, 0) is 9.53 Å². The van der Waals surface area contributed by atoms with Crippen molar-refractivity contribution in [2.75, 3.05) is 6.61 Å². The van der Waals surface area contributed by atoms with E-state index >= 15 is 0 Å². The van der Waals surface area contributed by atoms with Crippen LogP contribution in [0.25, 0.3) is 6.08 Å². The minimum atomic E-state index is -0.487. The highest BCUT2D eigenvalue weighted by Gasteiger charge is 2.04. The molecule has 17 heavy (non-hydrogen) atoms. The fourth-order valence-corrected chi connectivity index (χ4v) is 1.12. The van der Waals surface area contributed by atoms with Crippen molar-refractivity contribution in [2.45, 2.75) is 6.92 Å². The van der Waals surface area contributed by atoms with Gasteiger partial charge < -0.3 is 4.74 Å². The number of carbonyl (C=O) groups excluding carboxylic acids is 1. The maximum atomic E-state index is 11.2. The Kier molecular flexibility index (Phi) is 4.71. The van der Waals surface area contributed by atoms with Gasteiger partial charge in [-0.05, 0) is 18.6 Å². The van der Waals surface area contributed by atoms with E-state index in [-0.39, 0.29) is 6.61 Å². The number of hydrogen-bond donors (Lipinski definition) is 0. The van der Waals surface area contributed by atoms with E-state index in [1.54, 1.807) is 13.0 Å². The first kappa shape index (κ1) is 12.7. The molecule has 0 fully saturated rings. The Morgan fingerprint density at radius 3 is 2.65 bits per heavy atom. The maximum Gasteiger partial charge on any atom is 0.333 e. The zero-order valence-corrected chi connectivity index (χ0v) is 9.64. The molecule has 0 aliphatic carbocycles. The third-order valence-corrected chi connectivity index (χ3v) is 1.99. The van der Waals surface area contributed by atoms with Crippen LogP contribution in [0.5, 0.6) is 0 Å². The lowest BCUT2D eigenvalue weighted by molar-refractivity contribution is -0.137. The van der Waals surface area contributed by atoms with Gasteiger partial charge in [-0.25, -0.2) is 4.79 Å². The standard InChI is InChI=1S/C14H13NO2/c1-11(2)14(16)17-10-13(9-15)8-12-6-4-3-5-7-12/h3-8H,1,10H2,2H3. The minimum Gasteiger partial charge on any atom is -0.457 e. The van der Waals surface area contributed by atoms with E-state index < -0.39 is 5.97 Å². The third kappa shape index (κ3) is 4.35. The van der Waals surface area contributed by atoms with Gasteiger partial charge in [0.1, 0.15) is 6.61 Å². The first-order chi connectivity index (χ1) is 8.13. The van der Waals surface area contributed by atoms with Crippen molar-refractivity contribution < 1.29 is 9.53 Å². The number of hydrogen-bond acceptors (Lipinski definition) is 3. The number of benzene rings is 1. The van der Waals surface area contributed by atoms with Gasteiger partial charge in [0.2, 0.25) is 0 Å². The number of nitriles is 1. The second kappa shape index (κ2) is 6.29. The van der Waals surface area contributed by atoms with Crippen LogP contribution in [0, 0.1) is 11.3 Å². The molecule has 1 rings (SSSR count).